The van der Waals surface area contributed by atoms with Crippen LogP contribution in [0.25, 0.3) is 11.0 Å². The number of imide groups is 1. The first kappa shape index (κ1) is 24.7. The third-order valence-electron chi connectivity index (χ3n) is 6.21. The Morgan fingerprint density at radius 3 is 2.63 bits per heavy atom. The van der Waals surface area contributed by atoms with E-state index < -0.39 is 29.5 Å². The minimum atomic E-state index is -1.65. The van der Waals surface area contributed by atoms with Crippen molar-refractivity contribution in [2.45, 2.75) is 25.4 Å². The van der Waals surface area contributed by atoms with Gasteiger partial charge in [0.2, 0.25) is 5.76 Å². The van der Waals surface area contributed by atoms with Gasteiger partial charge in [0.05, 0.1) is 18.0 Å². The summed E-state index contributed by atoms with van der Waals surface area (Å²) >= 11 is 3.38. The summed E-state index contributed by atoms with van der Waals surface area (Å²) in [5.74, 6) is -1.21. The summed E-state index contributed by atoms with van der Waals surface area (Å²) in [7, 11) is 1.48. The van der Waals surface area contributed by atoms with Gasteiger partial charge in [-0.15, -0.1) is 0 Å². The topological polar surface area (TPSA) is 110 Å². The van der Waals surface area contributed by atoms with Gasteiger partial charge in [-0.3, -0.25) is 9.59 Å². The summed E-state index contributed by atoms with van der Waals surface area (Å²) < 4.78 is 17.8. The molecule has 10 heteroatoms. The quantitative estimate of drug-likeness (QED) is 0.478. The van der Waals surface area contributed by atoms with Gasteiger partial charge in [0, 0.05) is 18.1 Å². The number of halogens is 1. The molecule has 0 radical (unpaired) electrons. The van der Waals surface area contributed by atoms with E-state index in [9.17, 15) is 19.5 Å². The lowest BCUT2D eigenvalue weighted by Gasteiger charge is -2.40. The van der Waals surface area contributed by atoms with Gasteiger partial charge in [0.1, 0.15) is 12.2 Å². The number of fused-ring (bicyclic) bond motifs is 3. The van der Waals surface area contributed by atoms with E-state index in [-0.39, 0.29) is 31.3 Å². The molecule has 3 amide bonds. The molecule has 1 aromatic heterocycles. The highest BCUT2D eigenvalue weighted by molar-refractivity contribution is 9.10. The van der Waals surface area contributed by atoms with Crippen molar-refractivity contribution < 1.29 is 33.4 Å². The van der Waals surface area contributed by atoms with Crippen molar-refractivity contribution in [3.05, 3.63) is 64.3 Å². The predicted octanol–water partition coefficient (Wildman–Crippen LogP) is 4.70. The smallest absolute Gasteiger partial charge is 0.414 e. The van der Waals surface area contributed by atoms with Crippen molar-refractivity contribution in [1.29, 1.82) is 0 Å². The third-order valence-corrected chi connectivity index (χ3v) is 6.71. The Morgan fingerprint density at radius 2 is 1.97 bits per heavy atom. The van der Waals surface area contributed by atoms with E-state index in [1.807, 2.05) is 0 Å². The Morgan fingerprint density at radius 1 is 1.26 bits per heavy atom. The van der Waals surface area contributed by atoms with Crippen LogP contribution in [0.5, 0.6) is 5.75 Å². The molecule has 0 fully saturated rings. The number of hydrogen-bond acceptors (Lipinski definition) is 6. The van der Waals surface area contributed by atoms with Crippen LogP contribution < -0.4 is 4.74 Å². The number of ether oxygens (including phenoxy) is 2. The van der Waals surface area contributed by atoms with Gasteiger partial charge in [0.25, 0.3) is 11.8 Å². The van der Waals surface area contributed by atoms with Crippen LogP contribution in [-0.4, -0.2) is 65.2 Å². The van der Waals surface area contributed by atoms with Gasteiger partial charge in [-0.2, -0.15) is 0 Å². The molecule has 4 rings (SSSR count). The first-order valence-electron chi connectivity index (χ1n) is 11.0. The van der Waals surface area contributed by atoms with E-state index in [1.54, 1.807) is 55.5 Å². The lowest BCUT2D eigenvalue weighted by Crippen LogP contribution is -2.63. The standard InChI is InChI=1S/C25H25BrN2O7/c1-15(16-7-5-4-6-8-16)28(24(31)32)23(30)25(2)14-34-20-18-10-9-17(26)13-19(18)35-21(20)22(29)27(25)11-12-33-3/h4-10,13,15H,11-12,14H2,1-3H3,(H,31,32)/t15-,25+/m0/s1. The summed E-state index contributed by atoms with van der Waals surface area (Å²) in [5, 5.41) is 10.6. The molecule has 2 heterocycles. The van der Waals surface area contributed by atoms with Crippen molar-refractivity contribution in [2.75, 3.05) is 26.9 Å². The zero-order valence-electron chi connectivity index (χ0n) is 19.5. The van der Waals surface area contributed by atoms with Crippen molar-refractivity contribution in [3.63, 3.8) is 0 Å². The van der Waals surface area contributed by atoms with E-state index in [1.165, 1.54) is 18.9 Å². The maximum absolute atomic E-state index is 13.9. The zero-order valence-corrected chi connectivity index (χ0v) is 21.1. The molecule has 0 saturated heterocycles. The highest BCUT2D eigenvalue weighted by Gasteiger charge is 2.51. The van der Waals surface area contributed by atoms with Crippen molar-refractivity contribution >= 4 is 44.8 Å². The molecule has 1 N–H and O–H groups in total. The molecular formula is C25H25BrN2O7. The Hall–Kier alpha value is -3.37. The SMILES string of the molecule is COCCN1C(=O)c2oc3cc(Br)ccc3c2OC[C@]1(C)C(=O)N(C(=O)O)[C@@H](C)c1ccccc1. The molecule has 0 unspecified atom stereocenters. The molecule has 0 saturated carbocycles. The van der Waals surface area contributed by atoms with E-state index in [0.29, 0.717) is 16.5 Å². The minimum absolute atomic E-state index is 0.0221. The molecule has 3 aromatic rings. The number of amides is 3. The van der Waals surface area contributed by atoms with E-state index in [4.69, 9.17) is 13.9 Å². The van der Waals surface area contributed by atoms with Gasteiger partial charge in [0.15, 0.2) is 11.3 Å². The van der Waals surface area contributed by atoms with Crippen molar-refractivity contribution in [2.24, 2.45) is 0 Å². The van der Waals surface area contributed by atoms with Gasteiger partial charge in [-0.1, -0.05) is 46.3 Å². The second-order valence-corrected chi connectivity index (χ2v) is 9.37. The summed E-state index contributed by atoms with van der Waals surface area (Å²) in [4.78, 5) is 42.0. The van der Waals surface area contributed by atoms with Crippen LogP contribution in [-0.2, 0) is 9.53 Å². The van der Waals surface area contributed by atoms with Crippen molar-refractivity contribution in [1.82, 2.24) is 9.80 Å². The lowest BCUT2D eigenvalue weighted by molar-refractivity contribution is -0.144. The molecule has 0 aliphatic carbocycles. The van der Waals surface area contributed by atoms with Crippen LogP contribution in [0, 0.1) is 0 Å². The van der Waals surface area contributed by atoms with E-state index in [0.717, 1.165) is 9.37 Å². The maximum Gasteiger partial charge on any atom is 0.414 e. The minimum Gasteiger partial charge on any atom is -0.486 e. The maximum atomic E-state index is 13.9. The molecule has 2 aromatic carbocycles. The summed E-state index contributed by atoms with van der Waals surface area (Å²) in [6, 6.07) is 13.3. The van der Waals surface area contributed by atoms with Gasteiger partial charge in [-0.05, 0) is 37.6 Å². The predicted molar refractivity (Wildman–Crippen MR) is 130 cm³/mol. The molecule has 9 nitrogen and oxygen atoms in total. The van der Waals surface area contributed by atoms with Gasteiger partial charge in [-0.25, -0.2) is 9.69 Å². The van der Waals surface area contributed by atoms with Gasteiger partial charge < -0.3 is 23.9 Å². The second kappa shape index (κ2) is 9.71. The fraction of sp³-hybridized carbons (Fsp3) is 0.320. The molecule has 2 atom stereocenters. The number of hydrogen-bond donors (Lipinski definition) is 1. The lowest BCUT2D eigenvalue weighted by atomic mass is 9.96. The molecule has 1 aliphatic heterocycles. The molecule has 0 bridgehead atoms. The largest absolute Gasteiger partial charge is 0.486 e. The van der Waals surface area contributed by atoms with Crippen LogP contribution in [0.15, 0.2) is 57.4 Å². The normalized spacial score (nSPS) is 18.5. The molecule has 1 aliphatic rings. The Labute approximate surface area is 210 Å². The fourth-order valence-electron chi connectivity index (χ4n) is 4.24. The van der Waals surface area contributed by atoms with Crippen LogP contribution in [0.3, 0.4) is 0 Å². The number of benzene rings is 2. The first-order valence-corrected chi connectivity index (χ1v) is 11.8. The third kappa shape index (κ3) is 4.39. The Kier molecular flexibility index (Phi) is 6.86. The molecule has 35 heavy (non-hydrogen) atoms. The summed E-state index contributed by atoms with van der Waals surface area (Å²) in [6.45, 7) is 3.00. The average Bonchev–Trinajstić information content (AvgIpc) is 3.15. The number of carbonyl (C=O) groups excluding carboxylic acids is 2. The van der Waals surface area contributed by atoms with Crippen LogP contribution in [0.1, 0.15) is 36.0 Å². The van der Waals surface area contributed by atoms with Crippen molar-refractivity contribution in [3.8, 4) is 5.75 Å². The first-order chi connectivity index (χ1) is 16.7. The Bertz CT molecular complexity index is 1280. The molecule has 0 spiro atoms. The highest BCUT2D eigenvalue weighted by Crippen LogP contribution is 2.40. The van der Waals surface area contributed by atoms with Crippen LogP contribution >= 0.6 is 15.9 Å². The van der Waals surface area contributed by atoms with Crippen LogP contribution in [0.4, 0.5) is 4.79 Å². The summed E-state index contributed by atoms with van der Waals surface area (Å²) in [6.07, 6.45) is -1.43. The number of methoxy groups -OCH3 is 1. The number of carboxylic acid groups (broad SMARTS) is 1. The number of carbonyl (C=O) groups is 3. The number of nitrogens with zero attached hydrogens (tertiary/aromatic N) is 2. The van der Waals surface area contributed by atoms with E-state index in [2.05, 4.69) is 15.9 Å². The highest BCUT2D eigenvalue weighted by atomic mass is 79.9. The number of rotatable bonds is 6. The van der Waals surface area contributed by atoms with Crippen LogP contribution in [0.2, 0.25) is 0 Å². The Balaban J connectivity index is 1.78. The van der Waals surface area contributed by atoms with E-state index >= 15 is 0 Å². The van der Waals surface area contributed by atoms with Gasteiger partial charge >= 0.3 is 6.09 Å². The fourth-order valence-corrected chi connectivity index (χ4v) is 4.58. The average molecular weight is 545 g/mol. The zero-order chi connectivity index (χ0) is 25.3. The number of furan rings is 1. The summed E-state index contributed by atoms with van der Waals surface area (Å²) in [5.41, 5.74) is -0.566. The molecule has 184 valence electrons. The monoisotopic (exact) mass is 544 g/mol. The second-order valence-electron chi connectivity index (χ2n) is 8.46. The molecular weight excluding hydrogens is 520 g/mol.